The van der Waals surface area contributed by atoms with E-state index in [1.165, 1.54) is 38.5 Å². The molecule has 0 aromatic heterocycles. The quantitative estimate of drug-likeness (QED) is 0.721. The third kappa shape index (κ3) is 2.63. The molecule has 136 valence electrons. The lowest BCUT2D eigenvalue weighted by atomic mass is 9.83. The van der Waals surface area contributed by atoms with E-state index in [2.05, 4.69) is 47.8 Å². The Balaban J connectivity index is 0.00000150. The van der Waals surface area contributed by atoms with E-state index in [0.717, 1.165) is 24.4 Å². The van der Waals surface area contributed by atoms with Crippen LogP contribution in [0.25, 0.3) is 0 Å². The number of hydrogen-bond acceptors (Lipinski definition) is 1. The Labute approximate surface area is 163 Å². The Morgan fingerprint density at radius 2 is 1.46 bits per heavy atom. The van der Waals surface area contributed by atoms with E-state index in [1.54, 1.807) is 27.8 Å². The lowest BCUT2D eigenvalue weighted by molar-refractivity contribution is 0.420. The van der Waals surface area contributed by atoms with Crippen LogP contribution in [0.1, 0.15) is 71.8 Å². The van der Waals surface area contributed by atoms with Crippen molar-refractivity contribution in [3.05, 3.63) is 70.3 Å². The molecule has 0 radical (unpaired) electrons. The van der Waals surface area contributed by atoms with E-state index in [9.17, 15) is 0 Å². The molecule has 1 nitrogen and oxygen atoms in total. The Morgan fingerprint density at radius 3 is 2.15 bits per heavy atom. The van der Waals surface area contributed by atoms with Crippen LogP contribution in [-0.2, 0) is 6.42 Å². The van der Waals surface area contributed by atoms with Crippen molar-refractivity contribution in [3.63, 3.8) is 0 Å². The summed E-state index contributed by atoms with van der Waals surface area (Å²) in [6, 6.07) is 17.1. The van der Waals surface area contributed by atoms with Gasteiger partial charge in [0.2, 0.25) is 0 Å². The smallest absolute Gasteiger partial charge is 0.0124 e. The second-order valence-corrected chi connectivity index (χ2v) is 8.79. The zero-order valence-electron chi connectivity index (χ0n) is 15.3. The van der Waals surface area contributed by atoms with Crippen molar-refractivity contribution < 1.29 is 0 Å². The molecule has 0 aliphatic heterocycles. The van der Waals surface area contributed by atoms with Gasteiger partial charge in [0.1, 0.15) is 0 Å². The van der Waals surface area contributed by atoms with Gasteiger partial charge in [-0.05, 0) is 84.7 Å². The summed E-state index contributed by atoms with van der Waals surface area (Å²) >= 11 is 0. The van der Waals surface area contributed by atoms with E-state index in [4.69, 9.17) is 0 Å². The van der Waals surface area contributed by atoms with Gasteiger partial charge >= 0.3 is 0 Å². The molecule has 2 aromatic rings. The van der Waals surface area contributed by atoms with Gasteiger partial charge in [-0.25, -0.2) is 0 Å². The molecule has 0 amide bonds. The fourth-order valence-electron chi connectivity index (χ4n) is 5.79. The van der Waals surface area contributed by atoms with Gasteiger partial charge in [-0.3, -0.25) is 0 Å². The first-order valence-corrected chi connectivity index (χ1v) is 10.3. The second kappa shape index (κ2) is 6.39. The molecule has 2 aromatic carbocycles. The zero-order chi connectivity index (χ0) is 16.4. The zero-order valence-corrected chi connectivity index (χ0v) is 16.1. The van der Waals surface area contributed by atoms with Gasteiger partial charge < -0.3 is 5.32 Å². The lowest BCUT2D eigenvalue weighted by Crippen LogP contribution is -2.34. The van der Waals surface area contributed by atoms with Crippen LogP contribution in [0.2, 0.25) is 0 Å². The average Bonchev–Trinajstić information content (AvgIpc) is 3.58. The molecule has 0 saturated heterocycles. The number of nitrogens with one attached hydrogen (secondary N) is 1. The molecule has 2 heteroatoms. The molecule has 2 atom stereocenters. The van der Waals surface area contributed by atoms with Crippen molar-refractivity contribution in [2.75, 3.05) is 6.54 Å². The normalized spacial score (nSPS) is 25.1. The molecule has 4 aliphatic carbocycles. The summed E-state index contributed by atoms with van der Waals surface area (Å²) < 4.78 is 0. The van der Waals surface area contributed by atoms with E-state index >= 15 is 0 Å². The van der Waals surface area contributed by atoms with E-state index in [-0.39, 0.29) is 12.4 Å². The SMILES string of the molecule is Cl.c1ccc2c(c1)C1CC2c2c(CCNC(C3CC3)C3CC3)cccc21. The minimum absolute atomic E-state index is 0. The molecular weight excluding hydrogens is 338 g/mol. The highest BCUT2D eigenvalue weighted by Crippen LogP contribution is 2.57. The molecule has 0 spiro atoms. The molecule has 2 bridgehead atoms. The van der Waals surface area contributed by atoms with Gasteiger partial charge in [0.25, 0.3) is 0 Å². The maximum Gasteiger partial charge on any atom is 0.0124 e. The Kier molecular flexibility index (Phi) is 4.14. The summed E-state index contributed by atoms with van der Waals surface area (Å²) in [5, 5.41) is 3.95. The molecule has 0 heterocycles. The van der Waals surface area contributed by atoms with Crippen LogP contribution in [0, 0.1) is 11.8 Å². The minimum Gasteiger partial charge on any atom is -0.313 e. The van der Waals surface area contributed by atoms with Gasteiger partial charge in [0.05, 0.1) is 0 Å². The lowest BCUT2D eigenvalue weighted by Gasteiger charge is -2.23. The Hall–Kier alpha value is -1.31. The predicted octanol–water partition coefficient (Wildman–Crippen LogP) is 5.41. The highest BCUT2D eigenvalue weighted by atomic mass is 35.5. The molecular formula is C24H28ClN. The largest absolute Gasteiger partial charge is 0.313 e. The van der Waals surface area contributed by atoms with Crippen LogP contribution in [0.5, 0.6) is 0 Å². The highest BCUT2D eigenvalue weighted by molar-refractivity contribution is 5.85. The predicted molar refractivity (Wildman–Crippen MR) is 109 cm³/mol. The van der Waals surface area contributed by atoms with Crippen LogP contribution < -0.4 is 5.32 Å². The molecule has 2 fully saturated rings. The van der Waals surface area contributed by atoms with Gasteiger partial charge in [-0.2, -0.15) is 0 Å². The Morgan fingerprint density at radius 1 is 0.808 bits per heavy atom. The van der Waals surface area contributed by atoms with Crippen molar-refractivity contribution in [1.82, 2.24) is 5.32 Å². The summed E-state index contributed by atoms with van der Waals surface area (Å²) in [5.74, 6) is 3.32. The minimum atomic E-state index is 0. The van der Waals surface area contributed by atoms with Gasteiger partial charge in [0.15, 0.2) is 0 Å². The first kappa shape index (κ1) is 16.8. The van der Waals surface area contributed by atoms with Crippen LogP contribution in [-0.4, -0.2) is 12.6 Å². The van der Waals surface area contributed by atoms with E-state index in [0.29, 0.717) is 11.8 Å². The molecule has 26 heavy (non-hydrogen) atoms. The average molecular weight is 366 g/mol. The van der Waals surface area contributed by atoms with Gasteiger partial charge in [-0.1, -0.05) is 42.5 Å². The first-order chi connectivity index (χ1) is 12.4. The number of rotatable bonds is 6. The maximum absolute atomic E-state index is 3.95. The van der Waals surface area contributed by atoms with Crippen LogP contribution in [0.4, 0.5) is 0 Å². The van der Waals surface area contributed by atoms with Crippen molar-refractivity contribution in [2.24, 2.45) is 11.8 Å². The number of halogens is 1. The fraction of sp³-hybridized carbons (Fsp3) is 0.500. The van der Waals surface area contributed by atoms with Crippen LogP contribution in [0.15, 0.2) is 42.5 Å². The number of fused-ring (bicyclic) bond motifs is 8. The second-order valence-electron chi connectivity index (χ2n) is 8.79. The van der Waals surface area contributed by atoms with Gasteiger partial charge in [0, 0.05) is 17.9 Å². The van der Waals surface area contributed by atoms with E-state index < -0.39 is 0 Å². The number of benzene rings is 2. The van der Waals surface area contributed by atoms with Crippen molar-refractivity contribution >= 4 is 12.4 Å². The molecule has 2 saturated carbocycles. The van der Waals surface area contributed by atoms with Crippen molar-refractivity contribution in [3.8, 4) is 0 Å². The standard InChI is InChI=1S/C24H27N.ClH/c1-2-6-19-18(5-1)21-14-22(19)23-15(4-3-7-20(21)23)12-13-25-24(16-8-9-16)17-10-11-17;/h1-7,16-17,21-22,24-25H,8-14H2;1H. The first-order valence-electron chi connectivity index (χ1n) is 10.3. The van der Waals surface area contributed by atoms with Crippen molar-refractivity contribution in [1.29, 1.82) is 0 Å². The van der Waals surface area contributed by atoms with Crippen molar-refractivity contribution in [2.45, 2.75) is 56.4 Å². The van der Waals surface area contributed by atoms with E-state index in [1.807, 2.05) is 0 Å². The Bertz CT molecular complexity index is 809. The molecule has 1 N–H and O–H groups in total. The molecule has 4 aliphatic rings. The van der Waals surface area contributed by atoms with Gasteiger partial charge in [-0.15, -0.1) is 12.4 Å². The molecule has 2 unspecified atom stereocenters. The third-order valence-corrected chi connectivity index (χ3v) is 7.21. The summed E-state index contributed by atoms with van der Waals surface area (Å²) in [6.45, 7) is 1.16. The molecule has 6 rings (SSSR count). The summed E-state index contributed by atoms with van der Waals surface area (Å²) in [7, 11) is 0. The van der Waals surface area contributed by atoms with Crippen LogP contribution in [0.3, 0.4) is 0 Å². The summed E-state index contributed by atoms with van der Waals surface area (Å²) in [5.41, 5.74) is 8.12. The third-order valence-electron chi connectivity index (χ3n) is 7.21. The van der Waals surface area contributed by atoms with Crippen LogP contribution >= 0.6 is 12.4 Å². The monoisotopic (exact) mass is 365 g/mol. The summed E-state index contributed by atoms with van der Waals surface area (Å²) in [6.07, 6.45) is 8.38. The summed E-state index contributed by atoms with van der Waals surface area (Å²) in [4.78, 5) is 0. The highest BCUT2D eigenvalue weighted by Gasteiger charge is 2.43. The maximum atomic E-state index is 3.95. The fourth-order valence-corrected chi connectivity index (χ4v) is 5.79. The number of hydrogen-bond donors (Lipinski definition) is 1. The topological polar surface area (TPSA) is 12.0 Å².